The van der Waals surface area contributed by atoms with Gasteiger partial charge < -0.3 is 19.3 Å². The molecule has 3 saturated heterocycles. The first-order valence-corrected chi connectivity index (χ1v) is 11.8. The van der Waals surface area contributed by atoms with E-state index < -0.39 is 0 Å². The first-order valence-electron chi connectivity index (χ1n) is 11.8. The molecule has 5 rings (SSSR count). The van der Waals surface area contributed by atoms with Crippen LogP contribution in [0.1, 0.15) is 57.2 Å². The van der Waals surface area contributed by atoms with Crippen molar-refractivity contribution in [1.29, 1.82) is 0 Å². The Labute approximate surface area is 179 Å². The molecular weight excluding hydrogens is 380 g/mol. The Morgan fingerprint density at radius 3 is 2.60 bits per heavy atom. The highest BCUT2D eigenvalue weighted by molar-refractivity contribution is 5.40. The Bertz CT molecular complexity index is 822. The molecule has 0 radical (unpaired) electrons. The van der Waals surface area contributed by atoms with E-state index in [2.05, 4.69) is 28.6 Å². The molecule has 0 bridgehead atoms. The van der Waals surface area contributed by atoms with Crippen LogP contribution in [0.25, 0.3) is 0 Å². The predicted molar refractivity (Wildman–Crippen MR) is 116 cm³/mol. The molecule has 1 aromatic rings. The monoisotopic (exact) mass is 416 g/mol. The maximum absolute atomic E-state index is 12.8. The number of anilines is 1. The zero-order valence-electron chi connectivity index (χ0n) is 18.5. The van der Waals surface area contributed by atoms with Gasteiger partial charge in [0.05, 0.1) is 24.5 Å². The van der Waals surface area contributed by atoms with Gasteiger partial charge in [0, 0.05) is 37.2 Å². The third-order valence-electron chi connectivity index (χ3n) is 7.80. The van der Waals surface area contributed by atoms with E-state index in [0.717, 1.165) is 88.0 Å². The van der Waals surface area contributed by atoms with Crippen molar-refractivity contribution in [3.05, 3.63) is 21.6 Å². The molecule has 1 unspecified atom stereocenters. The standard InChI is InChI=1S/C23H36N4O3/c1-22(2)15-17(4-12-30-22)16-26-8-6-23(7-9-26)5-3-18-19(23)24-21(25-20(18)28)27-10-13-29-14-11-27/h17H,3-16H2,1-2H3,(H,24,25,28). The molecule has 0 saturated carbocycles. The van der Waals surface area contributed by atoms with Crippen LogP contribution in [-0.2, 0) is 21.3 Å². The number of rotatable bonds is 3. The Hall–Kier alpha value is -1.44. The topological polar surface area (TPSA) is 70.7 Å². The highest BCUT2D eigenvalue weighted by Gasteiger charge is 2.44. The molecule has 4 aliphatic rings. The number of aromatic nitrogens is 2. The van der Waals surface area contributed by atoms with Gasteiger partial charge in [-0.25, -0.2) is 4.98 Å². The van der Waals surface area contributed by atoms with Crippen LogP contribution >= 0.6 is 0 Å². The number of morpholine rings is 1. The highest BCUT2D eigenvalue weighted by Crippen LogP contribution is 2.45. The molecule has 3 aliphatic heterocycles. The molecule has 30 heavy (non-hydrogen) atoms. The summed E-state index contributed by atoms with van der Waals surface area (Å²) in [6, 6.07) is 0. The number of fused-ring (bicyclic) bond motifs is 2. The Morgan fingerprint density at radius 1 is 1.10 bits per heavy atom. The summed E-state index contributed by atoms with van der Waals surface area (Å²) in [5.41, 5.74) is 2.22. The van der Waals surface area contributed by atoms with Crippen LogP contribution < -0.4 is 10.5 Å². The second-order valence-corrected chi connectivity index (χ2v) is 10.4. The SMILES string of the molecule is CC1(C)CC(CN2CCC3(CCc4c3nc(N3CCOCC3)[nH]c4=O)CC2)CCO1. The summed E-state index contributed by atoms with van der Waals surface area (Å²) in [7, 11) is 0. The number of hydrogen-bond acceptors (Lipinski definition) is 6. The minimum absolute atomic E-state index is 0.0190. The first kappa shape index (κ1) is 20.5. The van der Waals surface area contributed by atoms with Crippen molar-refractivity contribution in [2.45, 2.75) is 63.4 Å². The van der Waals surface area contributed by atoms with Gasteiger partial charge in [0.25, 0.3) is 5.56 Å². The molecule has 1 aromatic heterocycles. The molecule has 1 aliphatic carbocycles. The molecule has 1 N–H and O–H groups in total. The van der Waals surface area contributed by atoms with Crippen LogP contribution in [0.2, 0.25) is 0 Å². The normalized spacial score (nSPS) is 28.6. The smallest absolute Gasteiger partial charge is 0.255 e. The van der Waals surface area contributed by atoms with Crippen molar-refractivity contribution in [3.63, 3.8) is 0 Å². The summed E-state index contributed by atoms with van der Waals surface area (Å²) in [6.07, 6.45) is 6.50. The third-order valence-corrected chi connectivity index (χ3v) is 7.80. The minimum atomic E-state index is 0.0190. The minimum Gasteiger partial charge on any atom is -0.378 e. The van der Waals surface area contributed by atoms with E-state index in [1.165, 1.54) is 13.0 Å². The molecule has 3 fully saturated rings. The van der Waals surface area contributed by atoms with E-state index >= 15 is 0 Å². The van der Waals surface area contributed by atoms with E-state index in [0.29, 0.717) is 13.2 Å². The van der Waals surface area contributed by atoms with Gasteiger partial charge in [-0.2, -0.15) is 0 Å². The lowest BCUT2D eigenvalue weighted by molar-refractivity contribution is -0.0780. The number of piperidine rings is 1. The van der Waals surface area contributed by atoms with Crippen molar-refractivity contribution < 1.29 is 9.47 Å². The van der Waals surface area contributed by atoms with Crippen molar-refractivity contribution in [2.24, 2.45) is 5.92 Å². The quantitative estimate of drug-likeness (QED) is 0.814. The summed E-state index contributed by atoms with van der Waals surface area (Å²) < 4.78 is 11.4. The Balaban J connectivity index is 1.29. The first-order chi connectivity index (χ1) is 14.4. The number of hydrogen-bond donors (Lipinski definition) is 1. The number of nitrogens with zero attached hydrogens (tertiary/aromatic N) is 3. The lowest BCUT2D eigenvalue weighted by Crippen LogP contribution is -2.46. The van der Waals surface area contributed by atoms with E-state index in [1.807, 2.05) is 0 Å². The fourth-order valence-electron chi connectivity index (χ4n) is 6.09. The van der Waals surface area contributed by atoms with Gasteiger partial charge in [-0.3, -0.25) is 9.78 Å². The van der Waals surface area contributed by atoms with Crippen molar-refractivity contribution in [3.8, 4) is 0 Å². The van der Waals surface area contributed by atoms with Crippen LogP contribution in [0.15, 0.2) is 4.79 Å². The number of H-pyrrole nitrogens is 1. The zero-order chi connectivity index (χ0) is 20.8. The molecule has 7 heteroatoms. The average molecular weight is 417 g/mol. The molecule has 4 heterocycles. The molecule has 7 nitrogen and oxygen atoms in total. The summed E-state index contributed by atoms with van der Waals surface area (Å²) in [6.45, 7) is 11.7. The fraction of sp³-hybridized carbons (Fsp3) is 0.826. The van der Waals surface area contributed by atoms with Gasteiger partial charge in [0.1, 0.15) is 0 Å². The lowest BCUT2D eigenvalue weighted by Gasteiger charge is -2.43. The van der Waals surface area contributed by atoms with Gasteiger partial charge in [0.15, 0.2) is 0 Å². The summed E-state index contributed by atoms with van der Waals surface area (Å²) in [5, 5.41) is 0. The summed E-state index contributed by atoms with van der Waals surface area (Å²) in [4.78, 5) is 25.7. The molecule has 0 amide bonds. The highest BCUT2D eigenvalue weighted by atomic mass is 16.5. The zero-order valence-corrected chi connectivity index (χ0v) is 18.5. The van der Waals surface area contributed by atoms with Crippen LogP contribution in [0.4, 0.5) is 5.95 Å². The molecule has 166 valence electrons. The van der Waals surface area contributed by atoms with E-state index in [-0.39, 0.29) is 16.6 Å². The molecule has 1 spiro atoms. The van der Waals surface area contributed by atoms with Crippen molar-refractivity contribution in [1.82, 2.24) is 14.9 Å². The molecular formula is C23H36N4O3. The van der Waals surface area contributed by atoms with Crippen LogP contribution in [0.5, 0.6) is 0 Å². The fourth-order valence-corrected chi connectivity index (χ4v) is 6.09. The number of likely N-dealkylation sites (tertiary alicyclic amines) is 1. The van der Waals surface area contributed by atoms with Crippen LogP contribution in [0.3, 0.4) is 0 Å². The van der Waals surface area contributed by atoms with Crippen LogP contribution in [-0.4, -0.2) is 73.0 Å². The Morgan fingerprint density at radius 2 is 1.87 bits per heavy atom. The van der Waals surface area contributed by atoms with Crippen molar-refractivity contribution >= 4 is 5.95 Å². The third kappa shape index (κ3) is 3.92. The van der Waals surface area contributed by atoms with Crippen molar-refractivity contribution in [2.75, 3.05) is 57.4 Å². The number of ether oxygens (including phenoxy) is 2. The molecule has 1 atom stereocenters. The summed E-state index contributed by atoms with van der Waals surface area (Å²) in [5.74, 6) is 1.47. The van der Waals surface area contributed by atoms with Gasteiger partial charge in [-0.05, 0) is 71.4 Å². The number of nitrogens with one attached hydrogen (secondary N) is 1. The predicted octanol–water partition coefficient (Wildman–Crippen LogP) is 2.09. The largest absolute Gasteiger partial charge is 0.378 e. The van der Waals surface area contributed by atoms with Gasteiger partial charge in [-0.1, -0.05) is 0 Å². The second-order valence-electron chi connectivity index (χ2n) is 10.4. The Kier molecular flexibility index (Phi) is 5.40. The average Bonchev–Trinajstić information content (AvgIpc) is 3.08. The van der Waals surface area contributed by atoms with Gasteiger partial charge in [0.2, 0.25) is 5.95 Å². The van der Waals surface area contributed by atoms with E-state index in [4.69, 9.17) is 14.5 Å². The van der Waals surface area contributed by atoms with E-state index in [9.17, 15) is 4.79 Å². The molecule has 0 aromatic carbocycles. The number of aromatic amines is 1. The van der Waals surface area contributed by atoms with Gasteiger partial charge in [-0.15, -0.1) is 0 Å². The lowest BCUT2D eigenvalue weighted by atomic mass is 9.75. The summed E-state index contributed by atoms with van der Waals surface area (Å²) >= 11 is 0. The second kappa shape index (κ2) is 7.92. The maximum Gasteiger partial charge on any atom is 0.255 e. The van der Waals surface area contributed by atoms with Gasteiger partial charge >= 0.3 is 0 Å². The van der Waals surface area contributed by atoms with E-state index in [1.54, 1.807) is 0 Å². The maximum atomic E-state index is 12.8. The van der Waals surface area contributed by atoms with Crippen LogP contribution in [0, 0.1) is 5.92 Å².